The van der Waals surface area contributed by atoms with Crippen LogP contribution in [0.1, 0.15) is 17.5 Å². The number of likely N-dealkylation sites (tertiary alicyclic amines) is 1. The molecule has 15 heteroatoms. The van der Waals surface area contributed by atoms with Crippen LogP contribution >= 0.6 is 22.9 Å². The Morgan fingerprint density at radius 3 is 2.39 bits per heavy atom. The van der Waals surface area contributed by atoms with Gasteiger partial charge in [-0.25, -0.2) is 13.8 Å². The van der Waals surface area contributed by atoms with Crippen LogP contribution < -0.4 is 11.1 Å². The number of primary amides is 1. The van der Waals surface area contributed by atoms with Crippen molar-refractivity contribution in [2.45, 2.75) is 35.3 Å². The lowest BCUT2D eigenvalue weighted by molar-refractivity contribution is -0.827. The van der Waals surface area contributed by atoms with E-state index in [9.17, 15) is 35.2 Å². The second kappa shape index (κ2) is 9.74. The molecule has 38 heavy (non-hydrogen) atoms. The molecule has 204 valence electrons. The first-order valence-electron chi connectivity index (χ1n) is 11.0. The number of pyridine rings is 1. The highest BCUT2D eigenvalue weighted by molar-refractivity contribution is 7.88. The maximum Gasteiger partial charge on any atom is 0.416 e. The van der Waals surface area contributed by atoms with Crippen LogP contribution in [0.2, 0.25) is 4.34 Å². The molecular formula is C23H21ClF5N4O3S2+. The van der Waals surface area contributed by atoms with Gasteiger partial charge in [-0.3, -0.25) is 4.79 Å². The molecule has 3 aromatic rings. The molecule has 3 heterocycles. The lowest BCUT2D eigenvalue weighted by Gasteiger charge is -2.36. The Labute approximate surface area is 223 Å². The molecule has 1 saturated heterocycles. The second-order valence-electron chi connectivity index (χ2n) is 8.85. The van der Waals surface area contributed by atoms with E-state index in [-0.39, 0.29) is 31.2 Å². The van der Waals surface area contributed by atoms with Crippen LogP contribution in [0.4, 0.5) is 27.8 Å². The third-order valence-corrected chi connectivity index (χ3v) is 10.3. The zero-order valence-corrected chi connectivity index (χ0v) is 22.0. The van der Waals surface area contributed by atoms with Crippen LogP contribution in [0, 0.1) is 0 Å². The molecule has 0 radical (unpaired) electrons. The minimum absolute atomic E-state index is 0.106. The number of aromatic nitrogens is 1. The van der Waals surface area contributed by atoms with Gasteiger partial charge in [0.1, 0.15) is 12.4 Å². The van der Waals surface area contributed by atoms with Gasteiger partial charge in [-0.15, -0.1) is 11.3 Å². The molecule has 1 amide bonds. The van der Waals surface area contributed by atoms with E-state index in [0.29, 0.717) is 11.3 Å². The molecular weight excluding hydrogens is 575 g/mol. The van der Waals surface area contributed by atoms with Gasteiger partial charge in [-0.2, -0.15) is 25.5 Å². The molecule has 1 unspecified atom stereocenters. The summed E-state index contributed by atoms with van der Waals surface area (Å²) in [5.41, 5.74) is 5.21. The van der Waals surface area contributed by atoms with E-state index in [1.54, 1.807) is 0 Å². The Morgan fingerprint density at radius 1 is 1.21 bits per heavy atom. The fourth-order valence-corrected chi connectivity index (χ4v) is 8.40. The van der Waals surface area contributed by atoms with Gasteiger partial charge in [0.2, 0.25) is 0 Å². The van der Waals surface area contributed by atoms with Crippen molar-refractivity contribution in [2.24, 2.45) is 5.73 Å². The zero-order chi connectivity index (χ0) is 28.1. The largest absolute Gasteiger partial charge is 0.416 e. The number of sulfonamides is 1. The van der Waals surface area contributed by atoms with Crippen molar-refractivity contribution in [3.63, 3.8) is 0 Å². The fraction of sp³-hybridized carbons (Fsp3) is 0.304. The van der Waals surface area contributed by atoms with E-state index < -0.39 is 63.0 Å². The number of anilines is 1. The average Bonchev–Trinajstić information content (AvgIpc) is 3.39. The average molecular weight is 596 g/mol. The van der Waals surface area contributed by atoms with Crippen molar-refractivity contribution in [3.8, 4) is 11.3 Å². The molecule has 2 aromatic heterocycles. The number of nitrogens with two attached hydrogens (primary N) is 1. The molecule has 1 aliphatic heterocycles. The molecule has 1 fully saturated rings. The number of quaternary nitrogens is 1. The summed E-state index contributed by atoms with van der Waals surface area (Å²) in [6, 6.07) is 7.62. The van der Waals surface area contributed by atoms with Gasteiger partial charge in [0, 0.05) is 18.2 Å². The Morgan fingerprint density at radius 2 is 1.87 bits per heavy atom. The first-order valence-corrected chi connectivity index (χ1v) is 13.6. The summed E-state index contributed by atoms with van der Waals surface area (Å²) in [7, 11) is -3.13. The van der Waals surface area contributed by atoms with Gasteiger partial charge in [0.25, 0.3) is 5.91 Å². The summed E-state index contributed by atoms with van der Waals surface area (Å²) in [4.78, 5) is 16.7. The predicted octanol–water partition coefficient (Wildman–Crippen LogP) is 5.12. The van der Waals surface area contributed by atoms with Crippen LogP contribution in [0.3, 0.4) is 0 Å². The van der Waals surface area contributed by atoms with Crippen molar-refractivity contribution in [3.05, 3.63) is 64.0 Å². The minimum atomic E-state index is -4.64. The minimum Gasteiger partial charge on any atom is -0.373 e. The van der Waals surface area contributed by atoms with E-state index in [1.165, 1.54) is 43.4 Å². The second-order valence-corrected chi connectivity index (χ2v) is 12.9. The Balaban J connectivity index is 1.86. The first kappa shape index (κ1) is 28.2. The molecule has 0 spiro atoms. The smallest absolute Gasteiger partial charge is 0.373 e. The van der Waals surface area contributed by atoms with Gasteiger partial charge in [0.15, 0.2) is 16.8 Å². The van der Waals surface area contributed by atoms with Crippen molar-refractivity contribution in [2.75, 3.05) is 18.9 Å². The van der Waals surface area contributed by atoms with Gasteiger partial charge in [0.05, 0.1) is 22.0 Å². The normalized spacial score (nSPS) is 21.4. The van der Waals surface area contributed by atoms with E-state index in [1.807, 2.05) is 0 Å². The third-order valence-electron chi connectivity index (χ3n) is 6.27. The van der Waals surface area contributed by atoms with E-state index >= 15 is 0 Å². The lowest BCUT2D eigenvalue weighted by Crippen LogP contribution is -2.59. The molecule has 7 nitrogen and oxygen atoms in total. The molecule has 0 saturated carbocycles. The first-order chi connectivity index (χ1) is 17.6. The highest BCUT2D eigenvalue weighted by Crippen LogP contribution is 2.46. The Bertz CT molecular complexity index is 1480. The van der Waals surface area contributed by atoms with Crippen LogP contribution in [0.15, 0.2) is 52.7 Å². The van der Waals surface area contributed by atoms with Crippen LogP contribution in [0.5, 0.6) is 0 Å². The summed E-state index contributed by atoms with van der Waals surface area (Å²) in [6.45, 7) is -1.81. The predicted molar refractivity (Wildman–Crippen MR) is 132 cm³/mol. The molecule has 1 aromatic carbocycles. The molecule has 2 atom stereocenters. The lowest BCUT2D eigenvalue weighted by atomic mass is 10.1. The number of amides is 1. The maximum absolute atomic E-state index is 14.8. The highest BCUT2D eigenvalue weighted by Gasteiger charge is 2.65. The number of nitrogens with zero attached hydrogens (tertiary/aromatic N) is 2. The summed E-state index contributed by atoms with van der Waals surface area (Å²) < 4.78 is 94.7. The van der Waals surface area contributed by atoms with Crippen molar-refractivity contribution >= 4 is 44.7 Å². The van der Waals surface area contributed by atoms with Gasteiger partial charge < -0.3 is 11.1 Å². The van der Waals surface area contributed by atoms with Crippen LogP contribution in [-0.4, -0.2) is 48.8 Å². The number of hydrogen-bond acceptors (Lipinski definition) is 6. The summed E-state index contributed by atoms with van der Waals surface area (Å²) in [5.74, 6) is -4.53. The van der Waals surface area contributed by atoms with Crippen molar-refractivity contribution in [1.82, 2.24) is 4.98 Å². The fourth-order valence-electron chi connectivity index (χ4n) is 4.56. The molecule has 0 bridgehead atoms. The van der Waals surface area contributed by atoms with Crippen molar-refractivity contribution < 1.29 is 39.1 Å². The number of carbonyl (C=O) groups is 1. The SMILES string of the molecule is CNc1cc(C[N+]2(S(=O)(=O)c3ccc(Cl)s3)CC(F)(F)C[C@H]2C(N)=O)cc(-c2ccc(C(F)(F)F)cc2)n1. The Kier molecular flexibility index (Phi) is 7.23. The molecule has 1 aliphatic rings. The number of halogens is 6. The van der Waals surface area contributed by atoms with Gasteiger partial charge >= 0.3 is 22.1 Å². The van der Waals surface area contributed by atoms with Crippen LogP contribution in [0.25, 0.3) is 11.3 Å². The van der Waals surface area contributed by atoms with E-state index in [4.69, 9.17) is 17.3 Å². The molecule has 4 rings (SSSR count). The summed E-state index contributed by atoms with van der Waals surface area (Å²) >= 11 is 6.59. The van der Waals surface area contributed by atoms with Gasteiger partial charge in [-0.1, -0.05) is 23.7 Å². The molecule has 3 N–H and O–H groups in total. The van der Waals surface area contributed by atoms with Crippen molar-refractivity contribution in [1.29, 1.82) is 0 Å². The number of hydrogen-bond donors (Lipinski definition) is 2. The number of nitrogens with one attached hydrogen (secondary N) is 1. The van der Waals surface area contributed by atoms with Crippen LogP contribution in [-0.2, 0) is 27.5 Å². The summed E-state index contributed by atoms with van der Waals surface area (Å²) in [6.07, 6.45) is -5.62. The Hall–Kier alpha value is -2.81. The third kappa shape index (κ3) is 5.22. The standard InChI is InChI=1S/C23H20ClF5N4O3S2/c1-31-19-9-13(8-16(32-19)14-2-4-15(5-3-14)23(27,28)29)11-33(12-22(25,26)10-17(33)21(30)34)38(35,36)20-7-6-18(24)37-20/h2-9,17H,10-12H2,1H3,(H2-,30,31,32,34)/p+1/t17-,33?/m0/s1. The maximum atomic E-state index is 14.8. The number of thiophene rings is 1. The zero-order valence-electron chi connectivity index (χ0n) is 19.6. The topological polar surface area (TPSA) is 102 Å². The molecule has 0 aliphatic carbocycles. The number of alkyl halides is 5. The highest BCUT2D eigenvalue weighted by atomic mass is 35.5. The number of rotatable bonds is 7. The monoisotopic (exact) mass is 595 g/mol. The number of carbonyl (C=O) groups excluding carboxylic acids is 1. The summed E-state index contributed by atoms with van der Waals surface area (Å²) in [5, 5.41) is 2.77. The van der Waals surface area contributed by atoms with E-state index in [2.05, 4.69) is 10.3 Å². The quantitative estimate of drug-likeness (QED) is 0.292. The number of benzene rings is 1. The van der Waals surface area contributed by atoms with Gasteiger partial charge in [-0.05, 0) is 36.4 Å². The van der Waals surface area contributed by atoms with E-state index in [0.717, 1.165) is 12.1 Å².